The van der Waals surface area contributed by atoms with Crippen molar-refractivity contribution in [1.82, 2.24) is 10.3 Å². The Bertz CT molecular complexity index is 746. The molecule has 0 fully saturated rings. The number of nitro groups is 1. The number of carbonyl (C=O) groups is 2. The van der Waals surface area contributed by atoms with Crippen LogP contribution in [-0.4, -0.2) is 28.3 Å². The van der Waals surface area contributed by atoms with Crippen LogP contribution in [0.3, 0.4) is 0 Å². The van der Waals surface area contributed by atoms with Crippen LogP contribution in [0.4, 0.5) is 11.4 Å². The summed E-state index contributed by atoms with van der Waals surface area (Å²) in [6, 6.07) is 7.47. The summed E-state index contributed by atoms with van der Waals surface area (Å²) in [5.74, 6) is -0.984. The summed E-state index contributed by atoms with van der Waals surface area (Å²) in [5.41, 5.74) is 0.951. The zero-order chi connectivity index (χ0) is 16.8. The fraction of sp³-hybridized carbons (Fsp3) is 0.133. The number of hydrogen-bond acceptors (Lipinski definition) is 5. The van der Waals surface area contributed by atoms with Gasteiger partial charge in [0.1, 0.15) is 0 Å². The first-order chi connectivity index (χ1) is 11.0. The van der Waals surface area contributed by atoms with Crippen LogP contribution >= 0.6 is 0 Å². The Morgan fingerprint density at radius 2 is 2.09 bits per heavy atom. The third-order valence-electron chi connectivity index (χ3n) is 3.02. The van der Waals surface area contributed by atoms with Gasteiger partial charge in [0.05, 0.1) is 23.4 Å². The van der Waals surface area contributed by atoms with Crippen molar-refractivity contribution in [2.75, 3.05) is 11.9 Å². The Morgan fingerprint density at radius 1 is 1.30 bits per heavy atom. The van der Waals surface area contributed by atoms with E-state index >= 15 is 0 Å². The monoisotopic (exact) mass is 314 g/mol. The highest BCUT2D eigenvalue weighted by atomic mass is 16.6. The average Bonchev–Trinajstić information content (AvgIpc) is 2.53. The molecule has 2 amide bonds. The Hall–Kier alpha value is -3.29. The van der Waals surface area contributed by atoms with E-state index in [4.69, 9.17) is 0 Å². The van der Waals surface area contributed by atoms with Crippen LogP contribution in [0.15, 0.2) is 42.7 Å². The number of benzene rings is 1. The number of anilines is 1. The van der Waals surface area contributed by atoms with E-state index in [0.717, 1.165) is 0 Å². The van der Waals surface area contributed by atoms with Gasteiger partial charge in [0.2, 0.25) is 5.91 Å². The fourth-order valence-corrected chi connectivity index (χ4v) is 1.85. The van der Waals surface area contributed by atoms with Crippen LogP contribution in [0.25, 0.3) is 0 Å². The maximum Gasteiger partial charge on any atom is 0.273 e. The van der Waals surface area contributed by atoms with Gasteiger partial charge >= 0.3 is 0 Å². The maximum atomic E-state index is 12.0. The van der Waals surface area contributed by atoms with Crippen molar-refractivity contribution in [3.05, 3.63) is 64.0 Å². The zero-order valence-corrected chi connectivity index (χ0v) is 12.3. The molecule has 8 nitrogen and oxygen atoms in total. The van der Waals surface area contributed by atoms with E-state index in [-0.39, 0.29) is 17.8 Å². The molecular weight excluding hydrogens is 300 g/mol. The Balaban J connectivity index is 1.96. The third kappa shape index (κ3) is 4.34. The predicted molar refractivity (Wildman–Crippen MR) is 83.0 cm³/mol. The van der Waals surface area contributed by atoms with Crippen LogP contribution in [0.1, 0.15) is 15.9 Å². The molecule has 2 rings (SSSR count). The third-order valence-corrected chi connectivity index (χ3v) is 3.02. The van der Waals surface area contributed by atoms with E-state index in [9.17, 15) is 19.7 Å². The van der Waals surface area contributed by atoms with Gasteiger partial charge in [-0.1, -0.05) is 6.07 Å². The van der Waals surface area contributed by atoms with Crippen molar-refractivity contribution >= 4 is 23.2 Å². The number of aryl methyl sites for hydroxylation is 1. The number of nitrogens with zero attached hydrogens (tertiary/aromatic N) is 2. The number of carbonyl (C=O) groups excluding carboxylic acids is 2. The number of rotatable bonds is 5. The summed E-state index contributed by atoms with van der Waals surface area (Å²) < 4.78 is 0. The van der Waals surface area contributed by atoms with Gasteiger partial charge in [-0.25, -0.2) is 0 Å². The molecule has 0 radical (unpaired) electrons. The standard InChI is InChI=1S/C15H14N4O4/c1-10-4-5-11(7-13(10)19(22)23)15(21)17-9-14(20)18-12-3-2-6-16-8-12/h2-8H,9H2,1H3,(H,17,21)(H,18,20). The molecule has 0 aliphatic carbocycles. The van der Waals surface area contributed by atoms with Crippen molar-refractivity contribution in [3.8, 4) is 0 Å². The molecule has 0 spiro atoms. The van der Waals surface area contributed by atoms with E-state index in [1.165, 1.54) is 24.4 Å². The highest BCUT2D eigenvalue weighted by Gasteiger charge is 2.15. The van der Waals surface area contributed by atoms with Gasteiger partial charge in [0.15, 0.2) is 0 Å². The highest BCUT2D eigenvalue weighted by Crippen LogP contribution is 2.19. The molecule has 0 unspecified atom stereocenters. The largest absolute Gasteiger partial charge is 0.343 e. The molecule has 2 aromatic rings. The molecule has 1 aromatic carbocycles. The first-order valence-electron chi connectivity index (χ1n) is 6.70. The second-order valence-electron chi connectivity index (χ2n) is 4.73. The van der Waals surface area contributed by atoms with Crippen LogP contribution < -0.4 is 10.6 Å². The summed E-state index contributed by atoms with van der Waals surface area (Å²) in [4.78, 5) is 37.8. The maximum absolute atomic E-state index is 12.0. The van der Waals surface area contributed by atoms with Gasteiger partial charge < -0.3 is 10.6 Å². The fourth-order valence-electron chi connectivity index (χ4n) is 1.85. The predicted octanol–water partition coefficient (Wildman–Crippen LogP) is 1.67. The van der Waals surface area contributed by atoms with Crippen LogP contribution in [0.5, 0.6) is 0 Å². The molecule has 0 aliphatic rings. The van der Waals surface area contributed by atoms with Gasteiger partial charge in [-0.2, -0.15) is 0 Å². The highest BCUT2D eigenvalue weighted by molar-refractivity contribution is 5.99. The van der Waals surface area contributed by atoms with E-state index < -0.39 is 16.7 Å². The second kappa shape index (κ2) is 7.12. The molecule has 8 heteroatoms. The normalized spacial score (nSPS) is 9.96. The summed E-state index contributed by atoms with van der Waals surface area (Å²) in [5, 5.41) is 15.8. The molecule has 23 heavy (non-hydrogen) atoms. The minimum atomic E-state index is -0.561. The zero-order valence-electron chi connectivity index (χ0n) is 12.3. The molecule has 0 saturated heterocycles. The molecule has 0 bridgehead atoms. The molecule has 0 atom stereocenters. The van der Waals surface area contributed by atoms with E-state index in [2.05, 4.69) is 15.6 Å². The molecule has 0 saturated carbocycles. The summed E-state index contributed by atoms with van der Waals surface area (Å²) >= 11 is 0. The van der Waals surface area contributed by atoms with Crippen molar-refractivity contribution in [2.24, 2.45) is 0 Å². The molecule has 1 aromatic heterocycles. The first kappa shape index (κ1) is 16.1. The quantitative estimate of drug-likeness (QED) is 0.643. The van der Waals surface area contributed by atoms with Crippen molar-refractivity contribution in [2.45, 2.75) is 6.92 Å². The van der Waals surface area contributed by atoms with E-state index in [1.807, 2.05) is 0 Å². The van der Waals surface area contributed by atoms with E-state index in [1.54, 1.807) is 25.3 Å². The average molecular weight is 314 g/mol. The Labute approximate surface area is 131 Å². The Kier molecular flexibility index (Phi) is 4.98. The number of nitrogens with one attached hydrogen (secondary N) is 2. The molecule has 2 N–H and O–H groups in total. The molecular formula is C15H14N4O4. The van der Waals surface area contributed by atoms with Gasteiger partial charge in [-0.3, -0.25) is 24.7 Å². The Morgan fingerprint density at radius 3 is 2.74 bits per heavy atom. The number of pyridine rings is 1. The molecule has 1 heterocycles. The van der Waals surface area contributed by atoms with Gasteiger partial charge in [0, 0.05) is 23.4 Å². The minimum Gasteiger partial charge on any atom is -0.343 e. The summed E-state index contributed by atoms with van der Waals surface area (Å²) in [6.07, 6.45) is 3.05. The van der Waals surface area contributed by atoms with Gasteiger partial charge in [-0.05, 0) is 25.1 Å². The SMILES string of the molecule is Cc1ccc(C(=O)NCC(=O)Nc2cccnc2)cc1[N+](=O)[O-]. The van der Waals surface area contributed by atoms with E-state index in [0.29, 0.717) is 11.3 Å². The lowest BCUT2D eigenvalue weighted by atomic mass is 10.1. The summed E-state index contributed by atoms with van der Waals surface area (Å²) in [7, 11) is 0. The number of amides is 2. The number of aromatic nitrogens is 1. The number of nitro benzene ring substituents is 1. The molecule has 118 valence electrons. The van der Waals surface area contributed by atoms with Crippen molar-refractivity contribution < 1.29 is 14.5 Å². The first-order valence-corrected chi connectivity index (χ1v) is 6.70. The van der Waals surface area contributed by atoms with Crippen molar-refractivity contribution in [1.29, 1.82) is 0 Å². The second-order valence-corrected chi connectivity index (χ2v) is 4.73. The van der Waals surface area contributed by atoms with Gasteiger partial charge in [-0.15, -0.1) is 0 Å². The number of hydrogen-bond donors (Lipinski definition) is 2. The lowest BCUT2D eigenvalue weighted by Gasteiger charge is -2.07. The van der Waals surface area contributed by atoms with Gasteiger partial charge in [0.25, 0.3) is 11.6 Å². The van der Waals surface area contributed by atoms with Crippen LogP contribution in [-0.2, 0) is 4.79 Å². The lowest BCUT2D eigenvalue weighted by molar-refractivity contribution is -0.385. The minimum absolute atomic E-state index is 0.122. The van der Waals surface area contributed by atoms with Crippen molar-refractivity contribution in [3.63, 3.8) is 0 Å². The lowest BCUT2D eigenvalue weighted by Crippen LogP contribution is -2.32. The van der Waals surface area contributed by atoms with Crippen LogP contribution in [0.2, 0.25) is 0 Å². The van der Waals surface area contributed by atoms with Crippen LogP contribution in [0, 0.1) is 17.0 Å². The topological polar surface area (TPSA) is 114 Å². The smallest absolute Gasteiger partial charge is 0.273 e. The molecule has 0 aliphatic heterocycles. The summed E-state index contributed by atoms with van der Waals surface area (Å²) in [6.45, 7) is 1.33.